The molecule has 2 aliphatic rings. The third-order valence-corrected chi connectivity index (χ3v) is 3.69. The normalized spacial score (nSPS) is 29.7. The summed E-state index contributed by atoms with van der Waals surface area (Å²) in [5, 5.41) is 3.42. The Morgan fingerprint density at radius 2 is 2.18 bits per heavy atom. The van der Waals surface area contributed by atoms with Crippen LogP contribution in [0.15, 0.2) is 4.42 Å². The summed E-state index contributed by atoms with van der Waals surface area (Å²) in [5.74, 6) is 1.78. The molecule has 0 aliphatic carbocycles. The number of rotatable bonds is 2. The van der Waals surface area contributed by atoms with E-state index in [0.29, 0.717) is 6.04 Å². The van der Waals surface area contributed by atoms with Crippen LogP contribution in [0.25, 0.3) is 0 Å². The lowest BCUT2D eigenvalue weighted by molar-refractivity contribution is 0.0117. The molecule has 4 heteroatoms. The van der Waals surface area contributed by atoms with Crippen molar-refractivity contribution in [1.29, 1.82) is 0 Å². The molecule has 1 aromatic heterocycles. The fraction of sp³-hybridized carbons (Fsp3) is 0.769. The summed E-state index contributed by atoms with van der Waals surface area (Å²) in [7, 11) is 0. The van der Waals surface area contributed by atoms with Gasteiger partial charge < -0.3 is 14.5 Å². The minimum atomic E-state index is 0.155. The molecule has 0 saturated carbocycles. The minimum Gasteiger partial charge on any atom is -0.444 e. The molecule has 1 N–H and O–H groups in total. The van der Waals surface area contributed by atoms with E-state index >= 15 is 0 Å². The van der Waals surface area contributed by atoms with Crippen molar-refractivity contribution in [3.63, 3.8) is 0 Å². The molecule has 1 aromatic rings. The Bertz CT molecular complexity index is 377. The van der Waals surface area contributed by atoms with Gasteiger partial charge in [0.2, 0.25) is 5.89 Å². The van der Waals surface area contributed by atoms with Gasteiger partial charge in [-0.25, -0.2) is 4.98 Å². The van der Waals surface area contributed by atoms with Crippen LogP contribution in [0.4, 0.5) is 0 Å². The fourth-order valence-corrected chi connectivity index (χ4v) is 2.73. The van der Waals surface area contributed by atoms with Crippen LogP contribution >= 0.6 is 0 Å². The molecule has 3 heterocycles. The monoisotopic (exact) mass is 236 g/mol. The Balaban J connectivity index is 1.79. The average molecular weight is 236 g/mol. The van der Waals surface area contributed by atoms with Crippen LogP contribution in [0.2, 0.25) is 0 Å². The average Bonchev–Trinajstić information content (AvgIpc) is 2.99. The number of hydrogen-bond donors (Lipinski definition) is 1. The van der Waals surface area contributed by atoms with Crippen LogP contribution < -0.4 is 5.32 Å². The van der Waals surface area contributed by atoms with Gasteiger partial charge in [-0.2, -0.15) is 0 Å². The van der Waals surface area contributed by atoms with Gasteiger partial charge in [0, 0.05) is 6.61 Å². The Morgan fingerprint density at radius 3 is 2.88 bits per heavy atom. The van der Waals surface area contributed by atoms with Gasteiger partial charge in [0.25, 0.3) is 0 Å². The molecule has 0 amide bonds. The minimum absolute atomic E-state index is 0.155. The molecular formula is C13H20N2O2. The van der Waals surface area contributed by atoms with Crippen LogP contribution in [0.5, 0.6) is 0 Å². The maximum absolute atomic E-state index is 5.80. The van der Waals surface area contributed by atoms with Gasteiger partial charge in [-0.15, -0.1) is 0 Å². The van der Waals surface area contributed by atoms with Crippen LogP contribution in [0.3, 0.4) is 0 Å². The van der Waals surface area contributed by atoms with Gasteiger partial charge >= 0.3 is 0 Å². The smallest absolute Gasteiger partial charge is 0.211 e. The van der Waals surface area contributed by atoms with Crippen molar-refractivity contribution >= 4 is 0 Å². The first-order valence-corrected chi connectivity index (χ1v) is 6.67. The zero-order chi connectivity index (χ0) is 11.7. The van der Waals surface area contributed by atoms with E-state index < -0.39 is 0 Å². The van der Waals surface area contributed by atoms with E-state index in [4.69, 9.17) is 9.15 Å². The summed E-state index contributed by atoms with van der Waals surface area (Å²) in [5.41, 5.74) is 1.02. The second kappa shape index (κ2) is 4.78. The first-order valence-electron chi connectivity index (χ1n) is 6.67. The number of oxazole rings is 1. The highest BCUT2D eigenvalue weighted by molar-refractivity contribution is 5.14. The third kappa shape index (κ3) is 2.24. The summed E-state index contributed by atoms with van der Waals surface area (Å²) < 4.78 is 11.6. The van der Waals surface area contributed by atoms with Gasteiger partial charge in [0.15, 0.2) is 0 Å². The highest BCUT2D eigenvalue weighted by atomic mass is 16.5. The van der Waals surface area contributed by atoms with Gasteiger partial charge in [-0.1, -0.05) is 0 Å². The number of nitrogens with one attached hydrogen (secondary N) is 1. The van der Waals surface area contributed by atoms with Crippen molar-refractivity contribution < 1.29 is 9.15 Å². The van der Waals surface area contributed by atoms with E-state index in [1.54, 1.807) is 0 Å². The SMILES string of the molecule is Cc1oc(C2CCCN2)nc1C1CCCCO1. The molecule has 2 aliphatic heterocycles. The Labute approximate surface area is 102 Å². The predicted molar refractivity (Wildman–Crippen MR) is 63.8 cm³/mol. The molecule has 0 aromatic carbocycles. The highest BCUT2D eigenvalue weighted by Crippen LogP contribution is 2.32. The Kier molecular flexibility index (Phi) is 3.16. The first-order chi connectivity index (χ1) is 8.34. The quantitative estimate of drug-likeness (QED) is 0.857. The molecule has 3 rings (SSSR count). The molecule has 0 radical (unpaired) electrons. The fourth-order valence-electron chi connectivity index (χ4n) is 2.73. The van der Waals surface area contributed by atoms with Crippen LogP contribution in [0, 0.1) is 6.92 Å². The van der Waals surface area contributed by atoms with Crippen LogP contribution in [-0.4, -0.2) is 18.1 Å². The lowest BCUT2D eigenvalue weighted by Gasteiger charge is -2.20. The summed E-state index contributed by atoms with van der Waals surface area (Å²) in [6.07, 6.45) is 5.97. The van der Waals surface area contributed by atoms with Crippen molar-refractivity contribution in [3.8, 4) is 0 Å². The van der Waals surface area contributed by atoms with E-state index in [9.17, 15) is 0 Å². The molecule has 2 fully saturated rings. The van der Waals surface area contributed by atoms with Gasteiger partial charge in [-0.3, -0.25) is 0 Å². The summed E-state index contributed by atoms with van der Waals surface area (Å²) in [4.78, 5) is 4.66. The Hall–Kier alpha value is -0.870. The lowest BCUT2D eigenvalue weighted by Crippen LogP contribution is -2.15. The molecular weight excluding hydrogens is 216 g/mol. The zero-order valence-electron chi connectivity index (χ0n) is 10.4. The van der Waals surface area contributed by atoms with Crippen LogP contribution in [-0.2, 0) is 4.74 Å². The highest BCUT2D eigenvalue weighted by Gasteiger charge is 2.27. The van der Waals surface area contributed by atoms with Crippen molar-refractivity contribution in [1.82, 2.24) is 10.3 Å². The zero-order valence-corrected chi connectivity index (χ0v) is 10.4. The number of aromatic nitrogens is 1. The molecule has 2 unspecified atom stereocenters. The van der Waals surface area contributed by atoms with Crippen molar-refractivity contribution in [2.75, 3.05) is 13.2 Å². The molecule has 17 heavy (non-hydrogen) atoms. The molecule has 0 bridgehead atoms. The number of nitrogens with zero attached hydrogens (tertiary/aromatic N) is 1. The molecule has 94 valence electrons. The predicted octanol–water partition coefficient (Wildman–Crippen LogP) is 2.65. The second-order valence-electron chi connectivity index (χ2n) is 5.00. The second-order valence-corrected chi connectivity index (χ2v) is 5.00. The van der Waals surface area contributed by atoms with Crippen LogP contribution in [0.1, 0.15) is 61.6 Å². The Morgan fingerprint density at radius 1 is 1.24 bits per heavy atom. The standard InChI is InChI=1S/C13H20N2O2/c1-9-12(11-6-2-3-8-16-11)15-13(17-9)10-5-4-7-14-10/h10-11,14H,2-8H2,1H3. The molecule has 2 saturated heterocycles. The molecule has 2 atom stereocenters. The van der Waals surface area contributed by atoms with Crippen molar-refractivity contribution in [2.24, 2.45) is 0 Å². The van der Waals surface area contributed by atoms with Crippen molar-refractivity contribution in [3.05, 3.63) is 17.3 Å². The molecule has 0 spiro atoms. The number of ether oxygens (including phenoxy) is 1. The summed E-state index contributed by atoms with van der Waals surface area (Å²) in [6, 6.07) is 0.311. The number of aryl methyl sites for hydroxylation is 1. The van der Waals surface area contributed by atoms with E-state index in [1.807, 2.05) is 6.92 Å². The van der Waals surface area contributed by atoms with Gasteiger partial charge in [0.1, 0.15) is 17.6 Å². The third-order valence-electron chi connectivity index (χ3n) is 3.69. The maximum Gasteiger partial charge on any atom is 0.211 e. The van der Waals surface area contributed by atoms with E-state index in [-0.39, 0.29) is 6.10 Å². The first kappa shape index (κ1) is 11.2. The number of hydrogen-bond acceptors (Lipinski definition) is 4. The van der Waals surface area contributed by atoms with E-state index in [1.165, 1.54) is 19.3 Å². The molecule has 4 nitrogen and oxygen atoms in total. The van der Waals surface area contributed by atoms with Gasteiger partial charge in [-0.05, 0) is 45.6 Å². The summed E-state index contributed by atoms with van der Waals surface area (Å²) in [6.45, 7) is 3.92. The van der Waals surface area contributed by atoms with E-state index in [2.05, 4.69) is 10.3 Å². The summed E-state index contributed by atoms with van der Waals surface area (Å²) >= 11 is 0. The van der Waals surface area contributed by atoms with Gasteiger partial charge in [0.05, 0.1) is 6.04 Å². The van der Waals surface area contributed by atoms with E-state index in [0.717, 1.165) is 43.3 Å². The lowest BCUT2D eigenvalue weighted by atomic mass is 10.1. The topological polar surface area (TPSA) is 47.3 Å². The largest absolute Gasteiger partial charge is 0.444 e. The van der Waals surface area contributed by atoms with Crippen molar-refractivity contribution in [2.45, 2.75) is 51.2 Å². The maximum atomic E-state index is 5.80.